The van der Waals surface area contributed by atoms with Crippen molar-refractivity contribution >= 4 is 5.69 Å². The van der Waals surface area contributed by atoms with Gasteiger partial charge >= 0.3 is 0 Å². The van der Waals surface area contributed by atoms with Crippen LogP contribution in [0.15, 0.2) is 18.2 Å². The fourth-order valence-corrected chi connectivity index (χ4v) is 2.63. The van der Waals surface area contributed by atoms with E-state index in [9.17, 15) is 5.11 Å². The largest absolute Gasteiger partial charge is 0.392 e. The van der Waals surface area contributed by atoms with Crippen molar-refractivity contribution in [3.05, 3.63) is 29.3 Å². The van der Waals surface area contributed by atoms with Crippen molar-refractivity contribution in [2.75, 3.05) is 31.7 Å². The molecular formula is C15H23NO2. The first kappa shape index (κ1) is 13.4. The fraction of sp³-hybridized carbons (Fsp3) is 0.600. The summed E-state index contributed by atoms with van der Waals surface area (Å²) < 4.78 is 5.39. The van der Waals surface area contributed by atoms with E-state index in [1.807, 2.05) is 0 Å². The van der Waals surface area contributed by atoms with Crippen LogP contribution < -0.4 is 4.90 Å². The number of aliphatic hydroxyl groups is 1. The maximum Gasteiger partial charge on any atom is 0.0702 e. The van der Waals surface area contributed by atoms with E-state index in [1.165, 1.54) is 5.56 Å². The van der Waals surface area contributed by atoms with Crippen molar-refractivity contribution in [1.82, 2.24) is 0 Å². The summed E-state index contributed by atoms with van der Waals surface area (Å²) >= 11 is 0. The Bertz CT molecular complexity index is 386. The molecule has 3 nitrogen and oxygen atoms in total. The molecule has 0 atom stereocenters. The van der Waals surface area contributed by atoms with Gasteiger partial charge in [0.25, 0.3) is 0 Å². The lowest BCUT2D eigenvalue weighted by Crippen LogP contribution is -2.30. The van der Waals surface area contributed by atoms with Crippen molar-refractivity contribution in [2.24, 2.45) is 5.92 Å². The van der Waals surface area contributed by atoms with Crippen LogP contribution in [0, 0.1) is 12.8 Å². The number of aliphatic hydroxyl groups excluding tert-OH is 1. The Morgan fingerprint density at radius 3 is 2.72 bits per heavy atom. The van der Waals surface area contributed by atoms with Crippen molar-refractivity contribution in [3.63, 3.8) is 0 Å². The van der Waals surface area contributed by atoms with Crippen LogP contribution >= 0.6 is 0 Å². The Morgan fingerprint density at radius 2 is 2.06 bits per heavy atom. The third-order valence-electron chi connectivity index (χ3n) is 3.69. The second-order valence-corrected chi connectivity index (χ2v) is 5.23. The molecule has 1 N–H and O–H groups in total. The summed E-state index contributed by atoms with van der Waals surface area (Å²) in [7, 11) is 2.11. The molecular weight excluding hydrogens is 226 g/mol. The maximum atomic E-state index is 9.45. The Hall–Kier alpha value is -1.06. The van der Waals surface area contributed by atoms with Gasteiger partial charge in [0.2, 0.25) is 0 Å². The van der Waals surface area contributed by atoms with E-state index >= 15 is 0 Å². The summed E-state index contributed by atoms with van der Waals surface area (Å²) in [6.07, 6.45) is 2.29. The molecule has 1 saturated heterocycles. The number of hydrogen-bond acceptors (Lipinski definition) is 3. The molecule has 1 aromatic rings. The number of benzene rings is 1. The van der Waals surface area contributed by atoms with E-state index in [2.05, 4.69) is 37.1 Å². The second kappa shape index (κ2) is 6.21. The van der Waals surface area contributed by atoms with Crippen molar-refractivity contribution in [3.8, 4) is 0 Å². The Balaban J connectivity index is 2.05. The van der Waals surface area contributed by atoms with E-state index in [-0.39, 0.29) is 6.61 Å². The van der Waals surface area contributed by atoms with Crippen LogP contribution in [0.2, 0.25) is 0 Å². The smallest absolute Gasteiger partial charge is 0.0702 e. The highest BCUT2D eigenvalue weighted by Gasteiger charge is 2.17. The molecule has 0 radical (unpaired) electrons. The number of hydrogen-bond donors (Lipinski definition) is 1. The zero-order valence-electron chi connectivity index (χ0n) is 11.4. The van der Waals surface area contributed by atoms with Crippen molar-refractivity contribution < 1.29 is 9.84 Å². The van der Waals surface area contributed by atoms with Gasteiger partial charge in [0.15, 0.2) is 0 Å². The normalized spacial score (nSPS) is 16.8. The highest BCUT2D eigenvalue weighted by molar-refractivity contribution is 5.54. The molecule has 0 bridgehead atoms. The summed E-state index contributed by atoms with van der Waals surface area (Å²) in [4.78, 5) is 2.26. The molecule has 1 fully saturated rings. The van der Waals surface area contributed by atoms with E-state index in [1.54, 1.807) is 0 Å². The van der Waals surface area contributed by atoms with Crippen LogP contribution in [-0.2, 0) is 11.3 Å². The summed E-state index contributed by atoms with van der Waals surface area (Å²) in [6.45, 7) is 4.98. The van der Waals surface area contributed by atoms with Crippen LogP contribution in [0.1, 0.15) is 24.0 Å². The van der Waals surface area contributed by atoms with Crippen molar-refractivity contribution in [2.45, 2.75) is 26.4 Å². The van der Waals surface area contributed by atoms with Gasteiger partial charge in [-0.05, 0) is 31.7 Å². The second-order valence-electron chi connectivity index (χ2n) is 5.23. The molecule has 0 saturated carbocycles. The van der Waals surface area contributed by atoms with E-state index in [0.717, 1.165) is 43.9 Å². The molecule has 1 aliphatic heterocycles. The fourth-order valence-electron chi connectivity index (χ4n) is 2.63. The minimum Gasteiger partial charge on any atom is -0.392 e. The number of ether oxygens (including phenoxy) is 1. The zero-order valence-corrected chi connectivity index (χ0v) is 11.4. The Morgan fingerprint density at radius 1 is 1.33 bits per heavy atom. The van der Waals surface area contributed by atoms with E-state index in [0.29, 0.717) is 5.92 Å². The van der Waals surface area contributed by atoms with Gasteiger partial charge in [0, 0.05) is 38.1 Å². The van der Waals surface area contributed by atoms with Gasteiger partial charge in [-0.2, -0.15) is 0 Å². The van der Waals surface area contributed by atoms with Crippen LogP contribution in [0.3, 0.4) is 0 Å². The average Bonchev–Trinajstić information content (AvgIpc) is 2.39. The summed E-state index contributed by atoms with van der Waals surface area (Å²) in [5.41, 5.74) is 3.36. The topological polar surface area (TPSA) is 32.7 Å². The highest BCUT2D eigenvalue weighted by atomic mass is 16.5. The van der Waals surface area contributed by atoms with Gasteiger partial charge in [-0.1, -0.05) is 17.7 Å². The van der Waals surface area contributed by atoms with Gasteiger partial charge in [0.1, 0.15) is 0 Å². The highest BCUT2D eigenvalue weighted by Crippen LogP contribution is 2.24. The number of rotatable bonds is 4. The van der Waals surface area contributed by atoms with Crippen LogP contribution in [0.4, 0.5) is 5.69 Å². The molecule has 1 heterocycles. The molecule has 0 amide bonds. The predicted octanol–water partition coefficient (Wildman–Crippen LogP) is 2.35. The van der Waals surface area contributed by atoms with Crippen LogP contribution in [0.25, 0.3) is 0 Å². The lowest BCUT2D eigenvalue weighted by molar-refractivity contribution is 0.0685. The van der Waals surface area contributed by atoms with Crippen LogP contribution in [-0.4, -0.2) is 31.9 Å². The van der Waals surface area contributed by atoms with E-state index < -0.39 is 0 Å². The zero-order chi connectivity index (χ0) is 13.0. The quantitative estimate of drug-likeness (QED) is 0.889. The monoisotopic (exact) mass is 249 g/mol. The minimum atomic E-state index is 0.106. The van der Waals surface area contributed by atoms with Crippen LogP contribution in [0.5, 0.6) is 0 Å². The maximum absolute atomic E-state index is 9.45. The number of anilines is 1. The third-order valence-corrected chi connectivity index (χ3v) is 3.69. The number of nitrogens with zero attached hydrogens (tertiary/aromatic N) is 1. The summed E-state index contributed by atoms with van der Waals surface area (Å²) in [5.74, 6) is 0.705. The molecule has 18 heavy (non-hydrogen) atoms. The molecule has 3 heteroatoms. The first-order valence-electron chi connectivity index (χ1n) is 6.70. The predicted molar refractivity (Wildman–Crippen MR) is 73.9 cm³/mol. The van der Waals surface area contributed by atoms with Gasteiger partial charge < -0.3 is 14.7 Å². The van der Waals surface area contributed by atoms with E-state index in [4.69, 9.17) is 4.74 Å². The molecule has 0 aromatic heterocycles. The molecule has 1 aliphatic rings. The van der Waals surface area contributed by atoms with Gasteiger partial charge in [0.05, 0.1) is 6.61 Å². The van der Waals surface area contributed by atoms with Gasteiger partial charge in [-0.25, -0.2) is 0 Å². The average molecular weight is 249 g/mol. The summed E-state index contributed by atoms with van der Waals surface area (Å²) in [5, 5.41) is 9.45. The molecule has 0 aliphatic carbocycles. The minimum absolute atomic E-state index is 0.106. The van der Waals surface area contributed by atoms with Crippen molar-refractivity contribution in [1.29, 1.82) is 0 Å². The molecule has 1 aromatic carbocycles. The lowest BCUT2D eigenvalue weighted by atomic mass is 9.99. The lowest BCUT2D eigenvalue weighted by Gasteiger charge is -2.29. The first-order chi connectivity index (χ1) is 8.70. The standard InChI is InChI=1S/C15H23NO2/c1-12-3-4-15(14(9-12)11-17)16(2)10-13-5-7-18-8-6-13/h3-4,9,13,17H,5-8,10-11H2,1-2H3. The summed E-state index contributed by atoms with van der Waals surface area (Å²) in [6, 6.07) is 6.28. The Kier molecular flexibility index (Phi) is 4.61. The number of aryl methyl sites for hydroxylation is 1. The first-order valence-corrected chi connectivity index (χ1v) is 6.70. The third kappa shape index (κ3) is 3.24. The molecule has 0 unspecified atom stereocenters. The molecule has 2 rings (SSSR count). The molecule has 0 spiro atoms. The Labute approximate surface area is 109 Å². The van der Waals surface area contributed by atoms with Gasteiger partial charge in [-0.3, -0.25) is 0 Å². The van der Waals surface area contributed by atoms with Gasteiger partial charge in [-0.15, -0.1) is 0 Å². The molecule has 100 valence electrons. The SMILES string of the molecule is Cc1ccc(N(C)CC2CCOCC2)c(CO)c1.